The molecule has 0 aliphatic heterocycles. The van der Waals surface area contributed by atoms with Gasteiger partial charge in [0.25, 0.3) is 5.91 Å². The summed E-state index contributed by atoms with van der Waals surface area (Å²) in [5, 5.41) is 8.19. The zero-order valence-electron chi connectivity index (χ0n) is 17.9. The van der Waals surface area contributed by atoms with E-state index in [1.54, 1.807) is 18.3 Å². The van der Waals surface area contributed by atoms with Crippen molar-refractivity contribution in [1.82, 2.24) is 20.1 Å². The molecular formula is C25H25FN4O. The lowest BCUT2D eigenvalue weighted by molar-refractivity contribution is 0.0947. The smallest absolute Gasteiger partial charge is 0.252 e. The fourth-order valence-corrected chi connectivity index (χ4v) is 3.62. The Labute approximate surface area is 180 Å². The number of hydrogen-bond donors (Lipinski definition) is 1. The van der Waals surface area contributed by atoms with E-state index in [1.807, 2.05) is 61.9 Å². The molecule has 158 valence electrons. The standard InChI is InChI=1S/C25H25FN4O/c1-17-12-13-28-30(17)15-20-14-22(21-6-4-5-7-23(21)29-20)24(31)27-16-25(2,3)18-8-10-19(26)11-9-18/h4-14H,15-16H2,1-3H3,(H,27,31). The minimum absolute atomic E-state index is 0.160. The van der Waals surface area contributed by atoms with Gasteiger partial charge in [0.15, 0.2) is 0 Å². The first-order valence-electron chi connectivity index (χ1n) is 10.2. The maximum Gasteiger partial charge on any atom is 0.252 e. The van der Waals surface area contributed by atoms with Crippen molar-refractivity contribution >= 4 is 16.8 Å². The number of carbonyl (C=O) groups excluding carboxylic acids is 1. The predicted octanol–water partition coefficient (Wildman–Crippen LogP) is 4.63. The fraction of sp³-hybridized carbons (Fsp3) is 0.240. The van der Waals surface area contributed by atoms with E-state index in [2.05, 4.69) is 10.4 Å². The van der Waals surface area contributed by atoms with E-state index >= 15 is 0 Å². The largest absolute Gasteiger partial charge is 0.351 e. The van der Waals surface area contributed by atoms with Gasteiger partial charge in [-0.2, -0.15) is 5.10 Å². The summed E-state index contributed by atoms with van der Waals surface area (Å²) in [7, 11) is 0. The van der Waals surface area contributed by atoms with Crippen LogP contribution in [0.5, 0.6) is 0 Å². The number of nitrogens with one attached hydrogen (secondary N) is 1. The van der Waals surface area contributed by atoms with Crippen molar-refractivity contribution in [3.05, 3.63) is 95.2 Å². The number of para-hydroxylation sites is 1. The molecule has 0 radical (unpaired) electrons. The Kier molecular flexibility index (Phi) is 5.55. The molecule has 2 aromatic carbocycles. The Hall–Kier alpha value is -3.54. The number of pyridine rings is 1. The van der Waals surface area contributed by atoms with E-state index in [9.17, 15) is 9.18 Å². The van der Waals surface area contributed by atoms with Crippen molar-refractivity contribution in [2.24, 2.45) is 0 Å². The van der Waals surface area contributed by atoms with Gasteiger partial charge < -0.3 is 5.32 Å². The molecule has 0 aliphatic rings. The number of hydrogen-bond acceptors (Lipinski definition) is 3. The number of rotatable bonds is 6. The first-order chi connectivity index (χ1) is 14.8. The normalized spacial score (nSPS) is 11.6. The summed E-state index contributed by atoms with van der Waals surface area (Å²) in [6, 6.07) is 17.8. The minimum Gasteiger partial charge on any atom is -0.351 e. The molecule has 0 fully saturated rings. The molecule has 4 rings (SSSR count). The molecule has 0 atom stereocenters. The number of aryl methyl sites for hydroxylation is 1. The van der Waals surface area contributed by atoms with E-state index in [-0.39, 0.29) is 17.1 Å². The first kappa shape index (κ1) is 20.7. The maximum atomic E-state index is 13.3. The Morgan fingerprint density at radius 2 is 1.84 bits per heavy atom. The lowest BCUT2D eigenvalue weighted by Crippen LogP contribution is -2.36. The number of halogens is 1. The summed E-state index contributed by atoms with van der Waals surface area (Å²) >= 11 is 0. The number of benzene rings is 2. The van der Waals surface area contributed by atoms with Gasteiger partial charge in [0.1, 0.15) is 5.82 Å². The van der Waals surface area contributed by atoms with Crippen LogP contribution in [-0.2, 0) is 12.0 Å². The van der Waals surface area contributed by atoms with Gasteiger partial charge in [-0.3, -0.25) is 14.5 Å². The summed E-state index contributed by atoms with van der Waals surface area (Å²) in [5.41, 5.74) is 3.77. The van der Waals surface area contributed by atoms with Crippen LogP contribution in [0.4, 0.5) is 4.39 Å². The topological polar surface area (TPSA) is 59.8 Å². The molecule has 0 saturated carbocycles. The Morgan fingerprint density at radius 1 is 1.10 bits per heavy atom. The van der Waals surface area contributed by atoms with E-state index in [0.717, 1.165) is 27.9 Å². The highest BCUT2D eigenvalue weighted by molar-refractivity contribution is 6.06. The monoisotopic (exact) mass is 416 g/mol. The van der Waals surface area contributed by atoms with Crippen LogP contribution in [-0.4, -0.2) is 27.2 Å². The number of nitrogens with zero attached hydrogens (tertiary/aromatic N) is 3. The van der Waals surface area contributed by atoms with Crippen molar-refractivity contribution in [2.45, 2.75) is 32.7 Å². The summed E-state index contributed by atoms with van der Waals surface area (Å²) in [4.78, 5) is 17.9. The van der Waals surface area contributed by atoms with Gasteiger partial charge >= 0.3 is 0 Å². The van der Waals surface area contributed by atoms with Crippen LogP contribution in [0.1, 0.15) is 41.2 Å². The van der Waals surface area contributed by atoms with Crippen molar-refractivity contribution in [3.8, 4) is 0 Å². The molecule has 0 saturated heterocycles. The van der Waals surface area contributed by atoms with Crippen LogP contribution in [0, 0.1) is 12.7 Å². The van der Waals surface area contributed by atoms with Crippen LogP contribution in [0.2, 0.25) is 0 Å². The van der Waals surface area contributed by atoms with Crippen molar-refractivity contribution in [2.75, 3.05) is 6.54 Å². The molecular weight excluding hydrogens is 391 g/mol. The minimum atomic E-state index is -0.346. The second kappa shape index (κ2) is 8.30. The molecule has 2 aromatic heterocycles. The number of fused-ring (bicyclic) bond motifs is 1. The lowest BCUT2D eigenvalue weighted by atomic mass is 9.84. The van der Waals surface area contributed by atoms with Gasteiger partial charge in [-0.25, -0.2) is 4.39 Å². The van der Waals surface area contributed by atoms with E-state index in [4.69, 9.17) is 4.98 Å². The molecule has 31 heavy (non-hydrogen) atoms. The highest BCUT2D eigenvalue weighted by Gasteiger charge is 2.23. The molecule has 0 bridgehead atoms. The third-order valence-electron chi connectivity index (χ3n) is 5.57. The zero-order chi connectivity index (χ0) is 22.0. The number of aromatic nitrogens is 3. The van der Waals surface area contributed by atoms with Gasteiger partial charge in [-0.05, 0) is 42.8 Å². The fourth-order valence-electron chi connectivity index (χ4n) is 3.62. The predicted molar refractivity (Wildman–Crippen MR) is 120 cm³/mol. The highest BCUT2D eigenvalue weighted by Crippen LogP contribution is 2.24. The Balaban J connectivity index is 1.60. The van der Waals surface area contributed by atoms with Gasteiger partial charge in [0, 0.05) is 29.2 Å². The number of carbonyl (C=O) groups is 1. The van der Waals surface area contributed by atoms with Crippen molar-refractivity contribution in [1.29, 1.82) is 0 Å². The van der Waals surface area contributed by atoms with Crippen molar-refractivity contribution in [3.63, 3.8) is 0 Å². The van der Waals surface area contributed by atoms with E-state index < -0.39 is 0 Å². The van der Waals surface area contributed by atoms with Crippen LogP contribution in [0.15, 0.2) is 66.9 Å². The molecule has 0 spiro atoms. The molecule has 4 aromatic rings. The second-order valence-electron chi connectivity index (χ2n) is 8.38. The van der Waals surface area contributed by atoms with Crippen molar-refractivity contribution < 1.29 is 9.18 Å². The Morgan fingerprint density at radius 3 is 2.55 bits per heavy atom. The number of amides is 1. The molecule has 6 heteroatoms. The molecule has 0 unspecified atom stereocenters. The van der Waals surface area contributed by atoms with Gasteiger partial charge in [0.05, 0.1) is 23.3 Å². The summed E-state index contributed by atoms with van der Waals surface area (Å²) in [6.07, 6.45) is 1.75. The highest BCUT2D eigenvalue weighted by atomic mass is 19.1. The van der Waals surface area contributed by atoms with Crippen LogP contribution in [0.3, 0.4) is 0 Å². The Bertz CT molecular complexity index is 1230. The third kappa shape index (κ3) is 4.48. The quantitative estimate of drug-likeness (QED) is 0.498. The SMILES string of the molecule is Cc1ccnn1Cc1cc(C(=O)NCC(C)(C)c2ccc(F)cc2)c2ccccc2n1. The van der Waals surface area contributed by atoms with Crippen LogP contribution < -0.4 is 5.32 Å². The van der Waals surface area contributed by atoms with E-state index in [0.29, 0.717) is 18.7 Å². The molecule has 0 aliphatic carbocycles. The van der Waals surface area contributed by atoms with Crippen LogP contribution >= 0.6 is 0 Å². The van der Waals surface area contributed by atoms with Crippen LogP contribution in [0.25, 0.3) is 10.9 Å². The van der Waals surface area contributed by atoms with E-state index in [1.165, 1.54) is 12.1 Å². The summed E-state index contributed by atoms with van der Waals surface area (Å²) in [5.74, 6) is -0.431. The summed E-state index contributed by atoms with van der Waals surface area (Å²) in [6.45, 7) is 6.94. The zero-order valence-corrected chi connectivity index (χ0v) is 17.9. The lowest BCUT2D eigenvalue weighted by Gasteiger charge is -2.26. The molecule has 2 heterocycles. The first-order valence-corrected chi connectivity index (χ1v) is 10.2. The average molecular weight is 417 g/mol. The van der Waals surface area contributed by atoms with Gasteiger partial charge in [-0.15, -0.1) is 0 Å². The molecule has 5 nitrogen and oxygen atoms in total. The van der Waals surface area contributed by atoms with Gasteiger partial charge in [-0.1, -0.05) is 44.2 Å². The maximum absolute atomic E-state index is 13.3. The molecule has 1 N–H and O–H groups in total. The average Bonchev–Trinajstić information content (AvgIpc) is 3.16. The van der Waals surface area contributed by atoms with Gasteiger partial charge in [0.2, 0.25) is 0 Å². The second-order valence-corrected chi connectivity index (χ2v) is 8.38. The summed E-state index contributed by atoms with van der Waals surface area (Å²) < 4.78 is 15.1. The third-order valence-corrected chi connectivity index (χ3v) is 5.57. The molecule has 1 amide bonds.